The SMILES string of the molecule is Cc1ccc(S(=O)(=O)NCC(c2cccs2)n2cccn2)cc1Cl. The zero-order chi connectivity index (χ0) is 17.2. The van der Waals surface area contributed by atoms with Gasteiger partial charge in [0.15, 0.2) is 0 Å². The number of hydrogen-bond donors (Lipinski definition) is 1. The molecule has 1 N–H and O–H groups in total. The zero-order valence-corrected chi connectivity index (χ0v) is 15.3. The van der Waals surface area contributed by atoms with Crippen LogP contribution in [0.3, 0.4) is 0 Å². The number of hydrogen-bond acceptors (Lipinski definition) is 4. The molecule has 0 aliphatic heterocycles. The molecular formula is C16H16ClN3O2S2. The first-order chi connectivity index (χ1) is 11.5. The Morgan fingerprint density at radius 3 is 2.79 bits per heavy atom. The molecule has 1 atom stereocenters. The fourth-order valence-corrected chi connectivity index (χ4v) is 4.41. The first-order valence-corrected chi connectivity index (χ1v) is 10.00. The van der Waals surface area contributed by atoms with Crippen molar-refractivity contribution in [2.45, 2.75) is 17.9 Å². The Bertz CT molecular complexity index is 873. The normalized spacial score (nSPS) is 13.1. The fourth-order valence-electron chi connectivity index (χ4n) is 2.28. The molecule has 1 aromatic carbocycles. The van der Waals surface area contributed by atoms with Crippen molar-refractivity contribution in [2.24, 2.45) is 0 Å². The summed E-state index contributed by atoms with van der Waals surface area (Å²) in [5, 5.41) is 6.63. The van der Waals surface area contributed by atoms with Gasteiger partial charge in [-0.3, -0.25) is 4.68 Å². The van der Waals surface area contributed by atoms with Gasteiger partial charge in [-0.15, -0.1) is 11.3 Å². The van der Waals surface area contributed by atoms with Crippen LogP contribution in [0.25, 0.3) is 0 Å². The predicted octanol–water partition coefficient (Wildman–Crippen LogP) is 3.47. The van der Waals surface area contributed by atoms with Crippen LogP contribution in [0.2, 0.25) is 5.02 Å². The number of thiophene rings is 1. The minimum Gasteiger partial charge on any atom is -0.263 e. The van der Waals surface area contributed by atoms with Crippen LogP contribution in [-0.2, 0) is 10.0 Å². The summed E-state index contributed by atoms with van der Waals surface area (Å²) >= 11 is 7.60. The van der Waals surface area contributed by atoms with Gasteiger partial charge in [-0.2, -0.15) is 5.10 Å². The maximum absolute atomic E-state index is 12.5. The van der Waals surface area contributed by atoms with Crippen molar-refractivity contribution in [3.05, 3.63) is 69.6 Å². The number of halogens is 1. The number of sulfonamides is 1. The van der Waals surface area contributed by atoms with E-state index in [4.69, 9.17) is 11.6 Å². The summed E-state index contributed by atoms with van der Waals surface area (Å²) in [5.74, 6) is 0. The lowest BCUT2D eigenvalue weighted by molar-refractivity contribution is 0.511. The molecule has 1 unspecified atom stereocenters. The summed E-state index contributed by atoms with van der Waals surface area (Å²) in [7, 11) is -3.65. The second-order valence-corrected chi connectivity index (χ2v) is 8.43. The van der Waals surface area contributed by atoms with Crippen LogP contribution >= 0.6 is 22.9 Å². The van der Waals surface area contributed by atoms with Crippen LogP contribution in [0.5, 0.6) is 0 Å². The number of rotatable bonds is 6. The first-order valence-electron chi connectivity index (χ1n) is 7.26. The van der Waals surface area contributed by atoms with Crippen molar-refractivity contribution in [3.8, 4) is 0 Å². The van der Waals surface area contributed by atoms with Crippen LogP contribution in [0.4, 0.5) is 0 Å². The fraction of sp³-hybridized carbons (Fsp3) is 0.188. The molecule has 0 fully saturated rings. The molecule has 0 aliphatic rings. The van der Waals surface area contributed by atoms with Gasteiger partial charge >= 0.3 is 0 Å². The summed E-state index contributed by atoms with van der Waals surface area (Å²) in [6.07, 6.45) is 3.50. The van der Waals surface area contributed by atoms with Crippen LogP contribution < -0.4 is 4.72 Å². The quantitative estimate of drug-likeness (QED) is 0.711. The maximum Gasteiger partial charge on any atom is 0.240 e. The Labute approximate surface area is 150 Å². The van der Waals surface area contributed by atoms with E-state index in [0.717, 1.165) is 10.4 Å². The number of nitrogens with one attached hydrogen (secondary N) is 1. The van der Waals surface area contributed by atoms with Crippen molar-refractivity contribution in [2.75, 3.05) is 6.54 Å². The smallest absolute Gasteiger partial charge is 0.240 e. The van der Waals surface area contributed by atoms with Gasteiger partial charge in [-0.1, -0.05) is 23.7 Å². The topological polar surface area (TPSA) is 64.0 Å². The van der Waals surface area contributed by atoms with Gasteiger partial charge in [0.1, 0.15) is 0 Å². The molecule has 0 saturated heterocycles. The number of aryl methyl sites for hydroxylation is 1. The summed E-state index contributed by atoms with van der Waals surface area (Å²) < 4.78 is 29.5. The third kappa shape index (κ3) is 3.70. The molecule has 3 rings (SSSR count). The van der Waals surface area contributed by atoms with E-state index in [9.17, 15) is 8.42 Å². The van der Waals surface area contributed by atoms with Crippen LogP contribution in [0, 0.1) is 6.92 Å². The third-order valence-electron chi connectivity index (χ3n) is 3.64. The molecule has 0 saturated carbocycles. The van der Waals surface area contributed by atoms with Gasteiger partial charge in [-0.25, -0.2) is 13.1 Å². The van der Waals surface area contributed by atoms with E-state index in [1.54, 1.807) is 34.3 Å². The van der Waals surface area contributed by atoms with Gasteiger partial charge < -0.3 is 0 Å². The van der Waals surface area contributed by atoms with Crippen LogP contribution in [0.1, 0.15) is 16.5 Å². The van der Waals surface area contributed by atoms with E-state index in [2.05, 4.69) is 9.82 Å². The summed E-state index contributed by atoms with van der Waals surface area (Å²) in [6, 6.07) is 10.2. The predicted molar refractivity (Wildman–Crippen MR) is 96.1 cm³/mol. The molecule has 3 aromatic rings. The molecule has 0 amide bonds. The molecule has 24 heavy (non-hydrogen) atoms. The van der Waals surface area contributed by atoms with Crippen molar-refractivity contribution in [1.29, 1.82) is 0 Å². The van der Waals surface area contributed by atoms with Crippen molar-refractivity contribution in [1.82, 2.24) is 14.5 Å². The minimum atomic E-state index is -3.65. The highest BCUT2D eigenvalue weighted by Crippen LogP contribution is 2.24. The van der Waals surface area contributed by atoms with Crippen LogP contribution in [-0.4, -0.2) is 24.7 Å². The van der Waals surface area contributed by atoms with Gasteiger partial charge in [-0.05, 0) is 42.1 Å². The lowest BCUT2D eigenvalue weighted by Crippen LogP contribution is -2.31. The molecule has 2 heterocycles. The Balaban J connectivity index is 1.82. The average Bonchev–Trinajstić information content (AvgIpc) is 3.24. The minimum absolute atomic E-state index is 0.156. The highest BCUT2D eigenvalue weighted by atomic mass is 35.5. The first kappa shape index (κ1) is 17.2. The Morgan fingerprint density at radius 2 is 2.17 bits per heavy atom. The molecule has 0 bridgehead atoms. The third-order valence-corrected chi connectivity index (χ3v) is 6.44. The molecule has 126 valence electrons. The van der Waals surface area contributed by atoms with Crippen LogP contribution in [0.15, 0.2) is 59.1 Å². The Morgan fingerprint density at radius 1 is 1.33 bits per heavy atom. The van der Waals surface area contributed by atoms with E-state index < -0.39 is 10.0 Å². The standard InChI is InChI=1S/C16H16ClN3O2S2/c1-12-5-6-13(10-14(12)17)24(21,22)19-11-15(16-4-2-9-23-16)20-8-3-7-18-20/h2-10,15,19H,11H2,1H3. The van der Waals surface area contributed by atoms with Gasteiger partial charge in [0, 0.05) is 28.8 Å². The Hall–Kier alpha value is -1.67. The monoisotopic (exact) mass is 381 g/mol. The summed E-state index contributed by atoms with van der Waals surface area (Å²) in [5.41, 5.74) is 0.837. The second-order valence-electron chi connectivity index (χ2n) is 5.28. The van der Waals surface area contributed by atoms with Gasteiger partial charge in [0.25, 0.3) is 0 Å². The lowest BCUT2D eigenvalue weighted by atomic mass is 10.2. The van der Waals surface area contributed by atoms with Crippen molar-refractivity contribution in [3.63, 3.8) is 0 Å². The van der Waals surface area contributed by atoms with Gasteiger partial charge in [0.2, 0.25) is 10.0 Å². The summed E-state index contributed by atoms with van der Waals surface area (Å²) in [6.45, 7) is 2.03. The van der Waals surface area contributed by atoms with E-state index in [0.29, 0.717) is 5.02 Å². The Kier molecular flexibility index (Phi) is 5.05. The number of aromatic nitrogens is 2. The second kappa shape index (κ2) is 7.06. The molecular weight excluding hydrogens is 366 g/mol. The molecule has 0 radical (unpaired) electrons. The molecule has 8 heteroatoms. The number of benzene rings is 1. The number of nitrogens with zero attached hydrogens (tertiary/aromatic N) is 2. The van der Waals surface area contributed by atoms with E-state index in [1.165, 1.54) is 6.07 Å². The molecule has 0 spiro atoms. The van der Waals surface area contributed by atoms with Crippen molar-refractivity contribution < 1.29 is 8.42 Å². The summed E-state index contributed by atoms with van der Waals surface area (Å²) in [4.78, 5) is 1.19. The maximum atomic E-state index is 12.5. The molecule has 5 nitrogen and oxygen atoms in total. The highest BCUT2D eigenvalue weighted by Gasteiger charge is 2.21. The molecule has 0 aliphatic carbocycles. The average molecular weight is 382 g/mol. The largest absolute Gasteiger partial charge is 0.263 e. The van der Waals surface area contributed by atoms with E-state index >= 15 is 0 Å². The van der Waals surface area contributed by atoms with Crippen molar-refractivity contribution >= 4 is 33.0 Å². The zero-order valence-electron chi connectivity index (χ0n) is 12.9. The van der Waals surface area contributed by atoms with Gasteiger partial charge in [0.05, 0.1) is 10.9 Å². The lowest BCUT2D eigenvalue weighted by Gasteiger charge is -2.17. The van der Waals surface area contributed by atoms with E-state index in [-0.39, 0.29) is 17.5 Å². The van der Waals surface area contributed by atoms with E-state index in [1.807, 2.05) is 36.7 Å². The highest BCUT2D eigenvalue weighted by molar-refractivity contribution is 7.89. The molecule has 2 aromatic heterocycles.